The number of ether oxygens (including phenoxy) is 3. The standard InChI is InChI=1S/C12H17NO3/c1-9(13-2)5-6-14-10-3-4-11-12(7-10)16-8-15-11/h3-4,7,9,13H,5-6,8H2,1-2H3. The molecule has 0 aliphatic carbocycles. The molecule has 0 amide bonds. The smallest absolute Gasteiger partial charge is 0.231 e. The van der Waals surface area contributed by atoms with Crippen molar-refractivity contribution in [3.63, 3.8) is 0 Å². The fourth-order valence-electron chi connectivity index (χ4n) is 1.46. The van der Waals surface area contributed by atoms with Crippen LogP contribution in [0.1, 0.15) is 13.3 Å². The Morgan fingerprint density at radius 2 is 2.19 bits per heavy atom. The van der Waals surface area contributed by atoms with Gasteiger partial charge >= 0.3 is 0 Å². The summed E-state index contributed by atoms with van der Waals surface area (Å²) in [7, 11) is 1.95. The summed E-state index contributed by atoms with van der Waals surface area (Å²) in [6.07, 6.45) is 0.977. The van der Waals surface area contributed by atoms with Crippen LogP contribution in [0.5, 0.6) is 17.2 Å². The molecule has 0 radical (unpaired) electrons. The quantitative estimate of drug-likeness (QED) is 0.826. The monoisotopic (exact) mass is 223 g/mol. The van der Waals surface area contributed by atoms with E-state index in [4.69, 9.17) is 14.2 Å². The Morgan fingerprint density at radius 3 is 3.00 bits per heavy atom. The minimum absolute atomic E-state index is 0.301. The summed E-state index contributed by atoms with van der Waals surface area (Å²) in [6, 6.07) is 6.11. The molecule has 88 valence electrons. The molecule has 1 aromatic carbocycles. The topological polar surface area (TPSA) is 39.7 Å². The van der Waals surface area contributed by atoms with Crippen molar-refractivity contribution in [3.05, 3.63) is 18.2 Å². The maximum atomic E-state index is 5.63. The van der Waals surface area contributed by atoms with Crippen molar-refractivity contribution in [2.24, 2.45) is 0 Å². The third-order valence-corrected chi connectivity index (χ3v) is 2.66. The number of benzene rings is 1. The molecule has 0 fully saturated rings. The van der Waals surface area contributed by atoms with Crippen LogP contribution in [-0.2, 0) is 0 Å². The summed E-state index contributed by atoms with van der Waals surface area (Å²) >= 11 is 0. The summed E-state index contributed by atoms with van der Waals surface area (Å²) in [4.78, 5) is 0. The van der Waals surface area contributed by atoms with Crippen LogP contribution in [-0.4, -0.2) is 26.5 Å². The molecule has 0 aromatic heterocycles. The third-order valence-electron chi connectivity index (χ3n) is 2.66. The van der Waals surface area contributed by atoms with Gasteiger partial charge in [0.2, 0.25) is 6.79 Å². The van der Waals surface area contributed by atoms with Crippen LogP contribution in [0.3, 0.4) is 0 Å². The van der Waals surface area contributed by atoms with Gasteiger partial charge in [-0.1, -0.05) is 0 Å². The van der Waals surface area contributed by atoms with E-state index in [9.17, 15) is 0 Å². The summed E-state index contributed by atoms with van der Waals surface area (Å²) in [5.41, 5.74) is 0. The van der Waals surface area contributed by atoms with Gasteiger partial charge in [-0.25, -0.2) is 0 Å². The highest BCUT2D eigenvalue weighted by Gasteiger charge is 2.13. The lowest BCUT2D eigenvalue weighted by Crippen LogP contribution is -2.23. The first kappa shape index (κ1) is 11.1. The molecule has 0 spiro atoms. The van der Waals surface area contributed by atoms with Gasteiger partial charge in [-0.2, -0.15) is 0 Å². The van der Waals surface area contributed by atoms with E-state index in [1.54, 1.807) is 0 Å². The van der Waals surface area contributed by atoms with Crippen molar-refractivity contribution in [1.29, 1.82) is 0 Å². The van der Waals surface area contributed by atoms with E-state index in [1.165, 1.54) is 0 Å². The molecule has 0 saturated heterocycles. The predicted molar refractivity (Wildman–Crippen MR) is 61.2 cm³/mol. The summed E-state index contributed by atoms with van der Waals surface area (Å²) in [5, 5.41) is 3.17. The fourth-order valence-corrected chi connectivity index (χ4v) is 1.46. The van der Waals surface area contributed by atoms with Gasteiger partial charge in [-0.05, 0) is 32.5 Å². The van der Waals surface area contributed by atoms with Gasteiger partial charge in [-0.15, -0.1) is 0 Å². The molecule has 1 heterocycles. The van der Waals surface area contributed by atoms with Crippen molar-refractivity contribution in [3.8, 4) is 17.2 Å². The van der Waals surface area contributed by atoms with E-state index in [-0.39, 0.29) is 0 Å². The molecular weight excluding hydrogens is 206 g/mol. The van der Waals surface area contributed by atoms with Gasteiger partial charge in [0.05, 0.1) is 6.61 Å². The molecule has 0 bridgehead atoms. The van der Waals surface area contributed by atoms with Crippen molar-refractivity contribution >= 4 is 0 Å². The number of fused-ring (bicyclic) bond motifs is 1. The normalized spacial score (nSPS) is 14.9. The molecule has 1 N–H and O–H groups in total. The van der Waals surface area contributed by atoms with Crippen molar-refractivity contribution < 1.29 is 14.2 Å². The van der Waals surface area contributed by atoms with E-state index in [0.717, 1.165) is 23.7 Å². The SMILES string of the molecule is CNC(C)CCOc1ccc2c(c1)OCO2. The largest absolute Gasteiger partial charge is 0.493 e. The molecule has 1 aliphatic heterocycles. The van der Waals surface area contributed by atoms with Gasteiger partial charge in [0.15, 0.2) is 11.5 Å². The van der Waals surface area contributed by atoms with E-state index in [2.05, 4.69) is 12.2 Å². The molecule has 1 atom stereocenters. The Labute approximate surface area is 95.5 Å². The van der Waals surface area contributed by atoms with Crippen LogP contribution in [0.15, 0.2) is 18.2 Å². The van der Waals surface area contributed by atoms with Crippen molar-refractivity contribution in [1.82, 2.24) is 5.32 Å². The molecule has 1 unspecified atom stereocenters. The van der Waals surface area contributed by atoms with Crippen LogP contribution in [0.25, 0.3) is 0 Å². The minimum atomic E-state index is 0.301. The summed E-state index contributed by atoms with van der Waals surface area (Å²) in [6.45, 7) is 3.13. The lowest BCUT2D eigenvalue weighted by atomic mass is 10.2. The van der Waals surface area contributed by atoms with E-state index in [1.807, 2.05) is 25.2 Å². The second kappa shape index (κ2) is 5.07. The predicted octanol–water partition coefficient (Wildman–Crippen LogP) is 1.79. The van der Waals surface area contributed by atoms with E-state index >= 15 is 0 Å². The molecular formula is C12H17NO3. The summed E-state index contributed by atoms with van der Waals surface area (Å²) < 4.78 is 16.1. The fraction of sp³-hybridized carbons (Fsp3) is 0.500. The molecule has 16 heavy (non-hydrogen) atoms. The van der Waals surface area contributed by atoms with Gasteiger partial charge < -0.3 is 19.5 Å². The number of nitrogens with one attached hydrogen (secondary N) is 1. The Kier molecular flexibility index (Phi) is 3.51. The second-order valence-electron chi connectivity index (χ2n) is 3.84. The Hall–Kier alpha value is -1.42. The van der Waals surface area contributed by atoms with Crippen LogP contribution in [0.2, 0.25) is 0 Å². The zero-order chi connectivity index (χ0) is 11.4. The maximum Gasteiger partial charge on any atom is 0.231 e. The highest BCUT2D eigenvalue weighted by molar-refractivity contribution is 5.46. The minimum Gasteiger partial charge on any atom is -0.493 e. The van der Waals surface area contributed by atoms with Crippen LogP contribution in [0.4, 0.5) is 0 Å². The van der Waals surface area contributed by atoms with E-state index in [0.29, 0.717) is 19.4 Å². The zero-order valence-electron chi connectivity index (χ0n) is 9.66. The highest BCUT2D eigenvalue weighted by Crippen LogP contribution is 2.35. The second-order valence-corrected chi connectivity index (χ2v) is 3.84. The number of hydrogen-bond donors (Lipinski definition) is 1. The molecule has 0 saturated carbocycles. The van der Waals surface area contributed by atoms with Crippen LogP contribution < -0.4 is 19.5 Å². The van der Waals surface area contributed by atoms with E-state index < -0.39 is 0 Å². The van der Waals surface area contributed by atoms with Crippen molar-refractivity contribution in [2.75, 3.05) is 20.4 Å². The average Bonchev–Trinajstić information content (AvgIpc) is 2.76. The number of rotatable bonds is 5. The van der Waals surface area contributed by atoms with Crippen molar-refractivity contribution in [2.45, 2.75) is 19.4 Å². The molecule has 1 aliphatic rings. The van der Waals surface area contributed by atoms with Gasteiger partial charge in [0.25, 0.3) is 0 Å². The highest BCUT2D eigenvalue weighted by atomic mass is 16.7. The lowest BCUT2D eigenvalue weighted by Gasteiger charge is -2.11. The maximum absolute atomic E-state index is 5.63. The zero-order valence-corrected chi connectivity index (χ0v) is 9.66. The first-order chi connectivity index (χ1) is 7.79. The summed E-state index contributed by atoms with van der Waals surface area (Å²) in [5.74, 6) is 2.38. The van der Waals surface area contributed by atoms with Gasteiger partial charge in [-0.3, -0.25) is 0 Å². The lowest BCUT2D eigenvalue weighted by molar-refractivity contribution is 0.173. The van der Waals surface area contributed by atoms with Crippen LogP contribution in [0, 0.1) is 0 Å². The number of hydrogen-bond acceptors (Lipinski definition) is 4. The molecule has 4 nitrogen and oxygen atoms in total. The Balaban J connectivity index is 1.86. The third kappa shape index (κ3) is 2.58. The average molecular weight is 223 g/mol. The molecule has 2 rings (SSSR count). The first-order valence-electron chi connectivity index (χ1n) is 5.49. The van der Waals surface area contributed by atoms with Gasteiger partial charge in [0.1, 0.15) is 5.75 Å². The Morgan fingerprint density at radius 1 is 1.38 bits per heavy atom. The molecule has 4 heteroatoms. The molecule has 1 aromatic rings. The van der Waals surface area contributed by atoms with Crippen LogP contribution >= 0.6 is 0 Å². The Bertz CT molecular complexity index is 354. The van der Waals surface area contributed by atoms with Gasteiger partial charge in [0, 0.05) is 12.1 Å². The first-order valence-corrected chi connectivity index (χ1v) is 5.49.